The van der Waals surface area contributed by atoms with E-state index in [-0.39, 0.29) is 24.3 Å². The van der Waals surface area contributed by atoms with Crippen LogP contribution in [0.1, 0.15) is 126 Å². The van der Waals surface area contributed by atoms with Gasteiger partial charge in [0.2, 0.25) is 0 Å². The average Bonchev–Trinajstić information content (AvgIpc) is 2.59. The minimum atomic E-state index is -0.412. The average molecular weight is 429 g/mol. The van der Waals surface area contributed by atoms with Gasteiger partial charge in [-0.05, 0) is 65.2 Å². The molecule has 0 aliphatic heterocycles. The van der Waals surface area contributed by atoms with Gasteiger partial charge in [-0.15, -0.1) is 0 Å². The summed E-state index contributed by atoms with van der Waals surface area (Å²) in [4.78, 5) is 12.7. The number of amides is 1. The van der Waals surface area contributed by atoms with E-state index in [4.69, 9.17) is 15.2 Å². The van der Waals surface area contributed by atoms with Gasteiger partial charge in [0.05, 0.1) is 12.3 Å². The summed E-state index contributed by atoms with van der Waals surface area (Å²) in [6.07, 6.45) is 12.0. The van der Waals surface area contributed by atoms with E-state index >= 15 is 0 Å². The van der Waals surface area contributed by atoms with Crippen molar-refractivity contribution in [3.63, 3.8) is 0 Å². The molecule has 3 N–H and O–H groups in total. The molecule has 30 heavy (non-hydrogen) atoms. The van der Waals surface area contributed by atoms with E-state index in [1.807, 2.05) is 13.8 Å². The van der Waals surface area contributed by atoms with E-state index in [9.17, 15) is 4.79 Å². The van der Waals surface area contributed by atoms with E-state index in [1.54, 1.807) is 0 Å². The Morgan fingerprint density at radius 1 is 0.867 bits per heavy atom. The fourth-order valence-corrected chi connectivity index (χ4v) is 4.08. The molecule has 0 radical (unpaired) electrons. The molecule has 0 rings (SSSR count). The van der Waals surface area contributed by atoms with Crippen LogP contribution < -0.4 is 11.1 Å². The summed E-state index contributed by atoms with van der Waals surface area (Å²) in [7, 11) is 0. The molecule has 0 saturated heterocycles. The quantitative estimate of drug-likeness (QED) is 0.195. The van der Waals surface area contributed by atoms with Gasteiger partial charge < -0.3 is 20.5 Å². The highest BCUT2D eigenvalue weighted by molar-refractivity contribution is 5.68. The van der Waals surface area contributed by atoms with Crippen molar-refractivity contribution in [3.05, 3.63) is 0 Å². The van der Waals surface area contributed by atoms with Crippen molar-refractivity contribution < 1.29 is 14.3 Å². The van der Waals surface area contributed by atoms with Gasteiger partial charge in [-0.1, -0.05) is 66.2 Å². The molecule has 180 valence electrons. The fraction of sp³-hybridized carbons (Fsp3) is 0.960. The SMILES string of the molecule is CCCCCCCC(CCCCC)OC(=O)NC(C)(C)CC(C)(C)C(C)(C)OCN. The maximum atomic E-state index is 12.7. The lowest BCUT2D eigenvalue weighted by molar-refractivity contribution is -0.105. The summed E-state index contributed by atoms with van der Waals surface area (Å²) in [5, 5.41) is 3.11. The first kappa shape index (κ1) is 29.2. The van der Waals surface area contributed by atoms with Crippen molar-refractivity contribution >= 4 is 6.09 Å². The predicted octanol–water partition coefficient (Wildman–Crippen LogP) is 6.93. The van der Waals surface area contributed by atoms with Crippen molar-refractivity contribution in [2.75, 3.05) is 6.73 Å². The number of hydrogen-bond acceptors (Lipinski definition) is 4. The van der Waals surface area contributed by atoms with E-state index in [0.717, 1.165) is 32.1 Å². The van der Waals surface area contributed by atoms with Crippen molar-refractivity contribution in [2.24, 2.45) is 11.1 Å². The molecule has 0 bridgehead atoms. The molecule has 0 aliphatic carbocycles. The van der Waals surface area contributed by atoms with Crippen LogP contribution in [0.2, 0.25) is 0 Å². The molecule has 0 heterocycles. The molecule has 5 nitrogen and oxygen atoms in total. The number of nitrogens with two attached hydrogens (primary N) is 1. The molecule has 5 heteroatoms. The van der Waals surface area contributed by atoms with Gasteiger partial charge in [0, 0.05) is 5.54 Å². The van der Waals surface area contributed by atoms with Crippen molar-refractivity contribution in [1.29, 1.82) is 0 Å². The third kappa shape index (κ3) is 12.1. The van der Waals surface area contributed by atoms with E-state index in [2.05, 4.69) is 46.9 Å². The molecule has 0 fully saturated rings. The van der Waals surface area contributed by atoms with Crippen LogP contribution in [-0.2, 0) is 9.47 Å². The molecular formula is C25H52N2O3. The number of carbonyl (C=O) groups is 1. The van der Waals surface area contributed by atoms with Crippen molar-refractivity contribution in [2.45, 2.75) is 143 Å². The standard InChI is InChI=1S/C25H52N2O3/c1-9-11-13-14-16-18-21(17-15-12-10-2)30-22(28)27-24(5,6)19-23(3,4)25(7,8)29-20-26/h21H,9-20,26H2,1-8H3,(H,27,28). The van der Waals surface area contributed by atoms with Gasteiger partial charge in [-0.3, -0.25) is 0 Å². The van der Waals surface area contributed by atoms with Crippen LogP contribution >= 0.6 is 0 Å². The van der Waals surface area contributed by atoms with Gasteiger partial charge >= 0.3 is 6.09 Å². The smallest absolute Gasteiger partial charge is 0.407 e. The molecule has 1 amide bonds. The number of unbranched alkanes of at least 4 members (excludes halogenated alkanes) is 6. The van der Waals surface area contributed by atoms with E-state index in [0.29, 0.717) is 0 Å². The lowest BCUT2D eigenvalue weighted by atomic mass is 9.69. The number of ether oxygens (including phenoxy) is 2. The van der Waals surface area contributed by atoms with Crippen LogP contribution in [0.25, 0.3) is 0 Å². The second-order valence-corrected chi connectivity index (χ2v) is 10.6. The number of rotatable bonds is 17. The monoisotopic (exact) mass is 428 g/mol. The first-order chi connectivity index (χ1) is 13.9. The van der Waals surface area contributed by atoms with Gasteiger partial charge in [-0.25, -0.2) is 4.79 Å². The van der Waals surface area contributed by atoms with Crippen LogP contribution in [0.3, 0.4) is 0 Å². The lowest BCUT2D eigenvalue weighted by Gasteiger charge is -2.45. The van der Waals surface area contributed by atoms with Crippen molar-refractivity contribution in [3.8, 4) is 0 Å². The highest BCUT2D eigenvalue weighted by atomic mass is 16.6. The zero-order chi connectivity index (χ0) is 23.3. The van der Waals surface area contributed by atoms with Gasteiger partial charge in [0.1, 0.15) is 6.10 Å². The summed E-state index contributed by atoms with van der Waals surface area (Å²) in [6.45, 7) is 17.1. The number of alkyl carbamates (subject to hydrolysis) is 1. The third-order valence-corrected chi connectivity index (χ3v) is 6.43. The topological polar surface area (TPSA) is 73.6 Å². The van der Waals surface area contributed by atoms with Gasteiger partial charge in [-0.2, -0.15) is 0 Å². The highest BCUT2D eigenvalue weighted by Gasteiger charge is 2.42. The molecule has 1 atom stereocenters. The maximum absolute atomic E-state index is 12.7. The van der Waals surface area contributed by atoms with Gasteiger partial charge in [0.15, 0.2) is 0 Å². The molecule has 1 unspecified atom stereocenters. The minimum absolute atomic E-state index is 0.0130. The summed E-state index contributed by atoms with van der Waals surface area (Å²) in [6, 6.07) is 0. The first-order valence-corrected chi connectivity index (χ1v) is 12.2. The molecule has 0 spiro atoms. The van der Waals surface area contributed by atoms with Crippen molar-refractivity contribution in [1.82, 2.24) is 5.32 Å². The first-order valence-electron chi connectivity index (χ1n) is 12.2. The summed E-state index contributed by atoms with van der Waals surface area (Å²) in [5.74, 6) is 0. The van der Waals surface area contributed by atoms with Gasteiger partial charge in [0.25, 0.3) is 0 Å². The second-order valence-electron chi connectivity index (χ2n) is 10.6. The fourth-order valence-electron chi connectivity index (χ4n) is 4.08. The molecule has 0 aromatic carbocycles. The summed E-state index contributed by atoms with van der Waals surface area (Å²) < 4.78 is 11.7. The molecular weight excluding hydrogens is 376 g/mol. The van der Waals surface area contributed by atoms with Crippen LogP contribution in [0, 0.1) is 5.41 Å². The largest absolute Gasteiger partial charge is 0.446 e. The van der Waals surface area contributed by atoms with Crippen LogP contribution in [-0.4, -0.2) is 30.1 Å². The Morgan fingerprint density at radius 3 is 1.90 bits per heavy atom. The second kappa shape index (κ2) is 14.3. The molecule has 0 aromatic heterocycles. The normalized spacial score (nSPS) is 13.9. The Labute approximate surface area is 187 Å². The Hall–Kier alpha value is -0.810. The van der Waals surface area contributed by atoms with Crippen LogP contribution in [0.5, 0.6) is 0 Å². The lowest BCUT2D eigenvalue weighted by Crippen LogP contribution is -2.52. The Morgan fingerprint density at radius 2 is 1.37 bits per heavy atom. The number of nitrogens with one attached hydrogen (secondary N) is 1. The highest BCUT2D eigenvalue weighted by Crippen LogP contribution is 2.40. The Balaban J connectivity index is 4.79. The summed E-state index contributed by atoms with van der Waals surface area (Å²) in [5.41, 5.74) is 4.63. The van der Waals surface area contributed by atoms with E-state index in [1.165, 1.54) is 38.5 Å². The minimum Gasteiger partial charge on any atom is -0.446 e. The third-order valence-electron chi connectivity index (χ3n) is 6.43. The zero-order valence-electron chi connectivity index (χ0n) is 21.4. The molecule has 0 aliphatic rings. The zero-order valence-corrected chi connectivity index (χ0v) is 21.4. The van der Waals surface area contributed by atoms with Crippen LogP contribution in [0.15, 0.2) is 0 Å². The van der Waals surface area contributed by atoms with Crippen LogP contribution in [0.4, 0.5) is 4.79 Å². The maximum Gasteiger partial charge on any atom is 0.407 e. The molecule has 0 aromatic rings. The predicted molar refractivity (Wildman–Crippen MR) is 128 cm³/mol. The number of hydrogen-bond donors (Lipinski definition) is 2. The Kier molecular flexibility index (Phi) is 13.9. The van der Waals surface area contributed by atoms with E-state index < -0.39 is 11.1 Å². The Bertz CT molecular complexity index is 461. The summed E-state index contributed by atoms with van der Waals surface area (Å²) >= 11 is 0. The molecule has 0 saturated carbocycles. The number of carbonyl (C=O) groups excluding carboxylic acids is 1.